The van der Waals surface area contributed by atoms with E-state index in [1.807, 2.05) is 18.2 Å². The van der Waals surface area contributed by atoms with E-state index in [1.54, 1.807) is 0 Å². The van der Waals surface area contributed by atoms with E-state index >= 15 is 0 Å². The molecule has 2 rings (SSSR count). The van der Waals surface area contributed by atoms with Crippen LogP contribution in [0.3, 0.4) is 0 Å². The minimum Gasteiger partial charge on any atom is -0.489 e. The lowest BCUT2D eigenvalue weighted by atomic mass is 10.1. The molecule has 0 amide bonds. The summed E-state index contributed by atoms with van der Waals surface area (Å²) in [4.78, 5) is 0. The average molecular weight is 334 g/mol. The fraction of sp³-hybridized carbons (Fsp3) is 0.294. The van der Waals surface area contributed by atoms with Crippen molar-refractivity contribution >= 4 is 15.9 Å². The van der Waals surface area contributed by atoms with Crippen molar-refractivity contribution in [2.45, 2.75) is 27.0 Å². The van der Waals surface area contributed by atoms with Gasteiger partial charge in [0, 0.05) is 16.6 Å². The van der Waals surface area contributed by atoms with Crippen LogP contribution in [0, 0.1) is 6.92 Å². The minimum atomic E-state index is 0.575. The number of halogens is 1. The zero-order chi connectivity index (χ0) is 14.4. The summed E-state index contributed by atoms with van der Waals surface area (Å²) >= 11 is 3.62. The van der Waals surface area contributed by atoms with Crippen LogP contribution in [0.4, 0.5) is 0 Å². The first-order valence-electron chi connectivity index (χ1n) is 6.86. The Labute approximate surface area is 129 Å². The van der Waals surface area contributed by atoms with Gasteiger partial charge in [-0.15, -0.1) is 0 Å². The maximum absolute atomic E-state index is 5.83. The quantitative estimate of drug-likeness (QED) is 0.843. The van der Waals surface area contributed by atoms with Gasteiger partial charge in [-0.2, -0.15) is 0 Å². The summed E-state index contributed by atoms with van der Waals surface area (Å²) in [5.41, 5.74) is 3.65. The highest BCUT2D eigenvalue weighted by atomic mass is 79.9. The second-order valence-electron chi connectivity index (χ2n) is 4.81. The van der Waals surface area contributed by atoms with Gasteiger partial charge in [-0.1, -0.05) is 47.1 Å². The van der Waals surface area contributed by atoms with Gasteiger partial charge in [-0.05, 0) is 42.8 Å². The summed E-state index contributed by atoms with van der Waals surface area (Å²) in [5.74, 6) is 0.911. The molecule has 0 heterocycles. The van der Waals surface area contributed by atoms with Crippen molar-refractivity contribution in [2.24, 2.45) is 0 Å². The van der Waals surface area contributed by atoms with Crippen LogP contribution < -0.4 is 10.1 Å². The van der Waals surface area contributed by atoms with Gasteiger partial charge in [0.25, 0.3) is 0 Å². The topological polar surface area (TPSA) is 21.3 Å². The van der Waals surface area contributed by atoms with Crippen molar-refractivity contribution in [3.05, 3.63) is 63.6 Å². The standard InChI is InChI=1S/C17H20BrNO/c1-3-19-11-14-7-8-15(17(18)10-14)12-20-16-6-4-5-13(2)9-16/h4-10,19H,3,11-12H2,1-2H3. The Bertz CT molecular complexity index is 569. The molecule has 106 valence electrons. The molecule has 0 spiro atoms. The second kappa shape index (κ2) is 7.46. The molecule has 2 aromatic carbocycles. The lowest BCUT2D eigenvalue weighted by Gasteiger charge is -2.10. The lowest BCUT2D eigenvalue weighted by Crippen LogP contribution is -2.11. The molecule has 0 saturated carbocycles. The fourth-order valence-electron chi connectivity index (χ4n) is 1.95. The number of nitrogens with one attached hydrogen (secondary N) is 1. The highest BCUT2D eigenvalue weighted by Crippen LogP contribution is 2.21. The van der Waals surface area contributed by atoms with Crippen LogP contribution in [0.2, 0.25) is 0 Å². The molecule has 3 heteroatoms. The minimum absolute atomic E-state index is 0.575. The SMILES string of the molecule is CCNCc1ccc(COc2cccc(C)c2)c(Br)c1. The van der Waals surface area contributed by atoms with Crippen LogP contribution in [0.1, 0.15) is 23.6 Å². The van der Waals surface area contributed by atoms with Gasteiger partial charge in [0.2, 0.25) is 0 Å². The number of rotatable bonds is 6. The van der Waals surface area contributed by atoms with Crippen LogP contribution in [-0.2, 0) is 13.2 Å². The summed E-state index contributed by atoms with van der Waals surface area (Å²) in [5, 5.41) is 3.32. The van der Waals surface area contributed by atoms with Crippen LogP contribution in [-0.4, -0.2) is 6.54 Å². The van der Waals surface area contributed by atoms with E-state index in [0.29, 0.717) is 6.61 Å². The monoisotopic (exact) mass is 333 g/mol. The number of benzene rings is 2. The smallest absolute Gasteiger partial charge is 0.120 e. The molecule has 20 heavy (non-hydrogen) atoms. The summed E-state index contributed by atoms with van der Waals surface area (Å²) < 4.78 is 6.93. The van der Waals surface area contributed by atoms with E-state index in [1.165, 1.54) is 11.1 Å². The third-order valence-electron chi connectivity index (χ3n) is 3.08. The van der Waals surface area contributed by atoms with Gasteiger partial charge < -0.3 is 10.1 Å². The summed E-state index contributed by atoms with van der Waals surface area (Å²) in [6, 6.07) is 14.5. The molecule has 0 atom stereocenters. The van der Waals surface area contributed by atoms with E-state index < -0.39 is 0 Å². The Morgan fingerprint density at radius 2 is 2.00 bits per heavy atom. The zero-order valence-corrected chi connectivity index (χ0v) is 13.5. The van der Waals surface area contributed by atoms with Gasteiger partial charge in [0.05, 0.1) is 0 Å². The number of hydrogen-bond acceptors (Lipinski definition) is 2. The Kier molecular flexibility index (Phi) is 5.62. The number of aryl methyl sites for hydroxylation is 1. The van der Waals surface area contributed by atoms with Crippen molar-refractivity contribution in [1.82, 2.24) is 5.32 Å². The molecule has 0 radical (unpaired) electrons. The first kappa shape index (κ1) is 15.1. The third kappa shape index (κ3) is 4.36. The highest BCUT2D eigenvalue weighted by Gasteiger charge is 2.03. The summed E-state index contributed by atoms with van der Waals surface area (Å²) in [6.45, 7) is 6.63. The zero-order valence-electron chi connectivity index (χ0n) is 11.9. The Balaban J connectivity index is 1.99. The molecular formula is C17H20BrNO. The van der Waals surface area contributed by atoms with Gasteiger partial charge in [0.15, 0.2) is 0 Å². The maximum atomic E-state index is 5.83. The lowest BCUT2D eigenvalue weighted by molar-refractivity contribution is 0.305. The van der Waals surface area contributed by atoms with E-state index in [9.17, 15) is 0 Å². The van der Waals surface area contributed by atoms with Crippen molar-refractivity contribution in [3.63, 3.8) is 0 Å². The first-order valence-corrected chi connectivity index (χ1v) is 7.66. The largest absolute Gasteiger partial charge is 0.489 e. The molecule has 0 aromatic heterocycles. The van der Waals surface area contributed by atoms with Gasteiger partial charge >= 0.3 is 0 Å². The predicted molar refractivity (Wildman–Crippen MR) is 87.0 cm³/mol. The molecule has 0 aliphatic carbocycles. The van der Waals surface area contributed by atoms with Crippen molar-refractivity contribution in [3.8, 4) is 5.75 Å². The molecule has 2 aromatic rings. The van der Waals surface area contributed by atoms with Crippen LogP contribution in [0.5, 0.6) is 5.75 Å². The van der Waals surface area contributed by atoms with E-state index in [-0.39, 0.29) is 0 Å². The van der Waals surface area contributed by atoms with Gasteiger partial charge in [-0.25, -0.2) is 0 Å². The molecule has 0 aliphatic heterocycles. The fourth-order valence-corrected chi connectivity index (χ4v) is 2.49. The van der Waals surface area contributed by atoms with Crippen LogP contribution in [0.25, 0.3) is 0 Å². The molecule has 0 saturated heterocycles. The normalized spacial score (nSPS) is 10.6. The maximum Gasteiger partial charge on any atom is 0.120 e. The molecule has 1 N–H and O–H groups in total. The van der Waals surface area contributed by atoms with Gasteiger partial charge in [0.1, 0.15) is 12.4 Å². The Hall–Kier alpha value is -1.32. The molecule has 2 nitrogen and oxygen atoms in total. The number of hydrogen-bond donors (Lipinski definition) is 1. The van der Waals surface area contributed by atoms with E-state index in [2.05, 4.69) is 59.4 Å². The van der Waals surface area contributed by atoms with Crippen molar-refractivity contribution in [2.75, 3.05) is 6.54 Å². The number of ether oxygens (including phenoxy) is 1. The first-order chi connectivity index (χ1) is 9.69. The van der Waals surface area contributed by atoms with E-state index in [4.69, 9.17) is 4.74 Å². The van der Waals surface area contributed by atoms with E-state index in [0.717, 1.165) is 28.9 Å². The van der Waals surface area contributed by atoms with Crippen molar-refractivity contribution < 1.29 is 4.74 Å². The summed E-state index contributed by atoms with van der Waals surface area (Å²) in [6.07, 6.45) is 0. The predicted octanol–water partition coefficient (Wildman–Crippen LogP) is 4.45. The molecule has 0 fully saturated rings. The van der Waals surface area contributed by atoms with Crippen LogP contribution >= 0.6 is 15.9 Å². The van der Waals surface area contributed by atoms with Crippen LogP contribution in [0.15, 0.2) is 46.9 Å². The highest BCUT2D eigenvalue weighted by molar-refractivity contribution is 9.10. The molecular weight excluding hydrogens is 314 g/mol. The average Bonchev–Trinajstić information content (AvgIpc) is 2.44. The summed E-state index contributed by atoms with van der Waals surface area (Å²) in [7, 11) is 0. The third-order valence-corrected chi connectivity index (χ3v) is 3.82. The Morgan fingerprint density at radius 1 is 1.15 bits per heavy atom. The second-order valence-corrected chi connectivity index (χ2v) is 5.67. The molecule has 0 unspecified atom stereocenters. The van der Waals surface area contributed by atoms with Crippen molar-refractivity contribution in [1.29, 1.82) is 0 Å². The molecule has 0 aliphatic rings. The van der Waals surface area contributed by atoms with Gasteiger partial charge in [-0.3, -0.25) is 0 Å². The molecule has 0 bridgehead atoms. The Morgan fingerprint density at radius 3 is 2.70 bits per heavy atom.